The topological polar surface area (TPSA) is 79.1 Å². The van der Waals surface area contributed by atoms with Gasteiger partial charge in [-0.05, 0) is 28.0 Å². The summed E-state index contributed by atoms with van der Waals surface area (Å²) < 4.78 is 0. The van der Waals surface area contributed by atoms with E-state index in [1.54, 1.807) is 11.3 Å². The quantitative estimate of drug-likeness (QED) is 0.690. The number of carboxylic acid groups (broad SMARTS) is 1. The smallest absolute Gasteiger partial charge is 0.320 e. The summed E-state index contributed by atoms with van der Waals surface area (Å²) >= 11 is 1.65. The van der Waals surface area contributed by atoms with E-state index in [0.717, 1.165) is 27.6 Å². The number of aliphatic carboxylic acids is 1. The molecule has 0 bridgehead atoms. The highest BCUT2D eigenvalue weighted by atomic mass is 32.1. The van der Waals surface area contributed by atoms with Crippen LogP contribution < -0.4 is 5.73 Å². The van der Waals surface area contributed by atoms with Crippen molar-refractivity contribution in [2.45, 2.75) is 12.5 Å². The number of carbonyl (C=O) groups is 1. The molecule has 1 aromatic carbocycles. The van der Waals surface area contributed by atoms with Crippen molar-refractivity contribution in [3.63, 3.8) is 0 Å². The standard InChI is InChI=1S/C15H14N2O2S/c16-13(15(18)19)6-10-7-17-14-11(2-1-3-12(10)14)9-4-5-20-8-9/h1-5,7-8,13,17H,6,16H2,(H,18,19). The molecule has 5 heteroatoms. The number of H-pyrrole nitrogens is 1. The van der Waals surface area contributed by atoms with Gasteiger partial charge in [0.1, 0.15) is 6.04 Å². The first kappa shape index (κ1) is 12.9. The van der Waals surface area contributed by atoms with Crippen molar-refractivity contribution in [2.24, 2.45) is 5.73 Å². The molecule has 0 aliphatic rings. The van der Waals surface area contributed by atoms with Crippen LogP contribution in [0.2, 0.25) is 0 Å². The van der Waals surface area contributed by atoms with Crippen molar-refractivity contribution in [1.82, 2.24) is 4.98 Å². The number of fused-ring (bicyclic) bond motifs is 1. The van der Waals surface area contributed by atoms with Gasteiger partial charge in [-0.15, -0.1) is 0 Å². The van der Waals surface area contributed by atoms with Crippen LogP contribution in [0.15, 0.2) is 41.2 Å². The van der Waals surface area contributed by atoms with Crippen LogP contribution >= 0.6 is 11.3 Å². The van der Waals surface area contributed by atoms with E-state index in [0.29, 0.717) is 6.42 Å². The van der Waals surface area contributed by atoms with Crippen molar-refractivity contribution >= 4 is 28.2 Å². The zero-order chi connectivity index (χ0) is 14.1. The second kappa shape index (κ2) is 5.11. The molecule has 0 amide bonds. The fourth-order valence-electron chi connectivity index (χ4n) is 2.36. The summed E-state index contributed by atoms with van der Waals surface area (Å²) in [6.45, 7) is 0. The highest BCUT2D eigenvalue weighted by Crippen LogP contribution is 2.31. The summed E-state index contributed by atoms with van der Waals surface area (Å²) in [5.41, 5.74) is 9.87. The maximum atomic E-state index is 10.9. The molecular formula is C15H14N2O2S. The van der Waals surface area contributed by atoms with E-state index in [-0.39, 0.29) is 0 Å². The van der Waals surface area contributed by atoms with Crippen LogP contribution in [0.1, 0.15) is 5.56 Å². The third-order valence-electron chi connectivity index (χ3n) is 3.39. The third-order valence-corrected chi connectivity index (χ3v) is 4.07. The number of benzene rings is 1. The molecule has 2 aromatic heterocycles. The van der Waals surface area contributed by atoms with Crippen molar-refractivity contribution in [3.8, 4) is 11.1 Å². The normalized spacial score (nSPS) is 12.7. The molecule has 0 radical (unpaired) electrons. The Labute approximate surface area is 119 Å². The van der Waals surface area contributed by atoms with Gasteiger partial charge in [0, 0.05) is 23.6 Å². The fraction of sp³-hybridized carbons (Fsp3) is 0.133. The number of rotatable bonds is 4. The van der Waals surface area contributed by atoms with Gasteiger partial charge in [0.25, 0.3) is 0 Å². The lowest BCUT2D eigenvalue weighted by atomic mass is 10.0. The molecule has 3 rings (SSSR count). The lowest BCUT2D eigenvalue weighted by Crippen LogP contribution is -2.32. The largest absolute Gasteiger partial charge is 0.480 e. The van der Waals surface area contributed by atoms with Gasteiger partial charge in [-0.1, -0.05) is 18.2 Å². The van der Waals surface area contributed by atoms with Gasteiger partial charge in [-0.25, -0.2) is 0 Å². The zero-order valence-corrected chi connectivity index (χ0v) is 11.5. The van der Waals surface area contributed by atoms with Crippen LogP contribution in [0, 0.1) is 0 Å². The van der Waals surface area contributed by atoms with Crippen molar-refractivity contribution in [1.29, 1.82) is 0 Å². The molecule has 0 fully saturated rings. The van der Waals surface area contributed by atoms with Gasteiger partial charge in [0.2, 0.25) is 0 Å². The Kier molecular flexibility index (Phi) is 3.30. The molecule has 0 aliphatic heterocycles. The maximum Gasteiger partial charge on any atom is 0.320 e. The van der Waals surface area contributed by atoms with E-state index in [9.17, 15) is 4.79 Å². The summed E-state index contributed by atoms with van der Waals surface area (Å²) in [6, 6.07) is 7.23. The molecule has 4 nitrogen and oxygen atoms in total. The summed E-state index contributed by atoms with van der Waals surface area (Å²) in [6.07, 6.45) is 2.17. The second-order valence-corrected chi connectivity index (χ2v) is 5.48. The Morgan fingerprint density at radius 1 is 1.40 bits per heavy atom. The Morgan fingerprint density at radius 3 is 2.95 bits per heavy atom. The number of aromatic nitrogens is 1. The number of carboxylic acids is 1. The number of aromatic amines is 1. The molecule has 1 atom stereocenters. The van der Waals surface area contributed by atoms with Crippen molar-refractivity contribution < 1.29 is 9.90 Å². The predicted molar refractivity (Wildman–Crippen MR) is 80.9 cm³/mol. The van der Waals surface area contributed by atoms with Crippen molar-refractivity contribution in [3.05, 3.63) is 46.8 Å². The molecular weight excluding hydrogens is 272 g/mol. The minimum atomic E-state index is -0.978. The SMILES string of the molecule is NC(Cc1c[nH]c2c(-c3ccsc3)cccc12)C(=O)O. The molecule has 2 heterocycles. The number of thiophene rings is 1. The van der Waals surface area contributed by atoms with Gasteiger partial charge in [-0.2, -0.15) is 11.3 Å². The van der Waals surface area contributed by atoms with E-state index in [1.807, 2.05) is 23.7 Å². The van der Waals surface area contributed by atoms with E-state index >= 15 is 0 Å². The van der Waals surface area contributed by atoms with E-state index in [1.165, 1.54) is 0 Å². The monoisotopic (exact) mass is 286 g/mol. The highest BCUT2D eigenvalue weighted by molar-refractivity contribution is 7.08. The van der Waals surface area contributed by atoms with Gasteiger partial charge < -0.3 is 15.8 Å². The van der Waals surface area contributed by atoms with Gasteiger partial charge >= 0.3 is 5.97 Å². The Morgan fingerprint density at radius 2 is 2.25 bits per heavy atom. The molecule has 0 spiro atoms. The van der Waals surface area contributed by atoms with Crippen LogP contribution in [0.4, 0.5) is 0 Å². The Bertz CT molecular complexity index is 746. The van der Waals surface area contributed by atoms with Crippen LogP contribution in [0.25, 0.3) is 22.0 Å². The number of hydrogen-bond donors (Lipinski definition) is 3. The fourth-order valence-corrected chi connectivity index (χ4v) is 3.02. The number of para-hydroxylation sites is 1. The van der Waals surface area contributed by atoms with Crippen LogP contribution in [0.5, 0.6) is 0 Å². The number of hydrogen-bond acceptors (Lipinski definition) is 3. The molecule has 4 N–H and O–H groups in total. The molecule has 102 valence electrons. The van der Waals surface area contributed by atoms with E-state index in [2.05, 4.69) is 22.5 Å². The average Bonchev–Trinajstić information content (AvgIpc) is 3.08. The predicted octanol–water partition coefficient (Wildman–Crippen LogP) is 2.85. The first-order chi connectivity index (χ1) is 9.66. The first-order valence-corrected chi connectivity index (χ1v) is 7.21. The van der Waals surface area contributed by atoms with E-state index in [4.69, 9.17) is 10.8 Å². The number of nitrogens with one attached hydrogen (secondary N) is 1. The lowest BCUT2D eigenvalue weighted by molar-refractivity contribution is -0.138. The summed E-state index contributed by atoms with van der Waals surface area (Å²) in [7, 11) is 0. The van der Waals surface area contributed by atoms with Gasteiger partial charge in [0.05, 0.1) is 5.52 Å². The molecule has 0 saturated heterocycles. The average molecular weight is 286 g/mol. The van der Waals surface area contributed by atoms with Crippen molar-refractivity contribution in [2.75, 3.05) is 0 Å². The zero-order valence-electron chi connectivity index (χ0n) is 10.7. The third kappa shape index (κ3) is 2.21. The number of nitrogens with two attached hydrogens (primary N) is 1. The molecule has 0 saturated carbocycles. The molecule has 0 aliphatic carbocycles. The highest BCUT2D eigenvalue weighted by Gasteiger charge is 2.16. The summed E-state index contributed by atoms with van der Waals surface area (Å²) in [5, 5.41) is 14.1. The summed E-state index contributed by atoms with van der Waals surface area (Å²) in [5.74, 6) is -0.978. The lowest BCUT2D eigenvalue weighted by Gasteiger charge is -2.05. The summed E-state index contributed by atoms with van der Waals surface area (Å²) in [4.78, 5) is 14.1. The molecule has 20 heavy (non-hydrogen) atoms. The first-order valence-electron chi connectivity index (χ1n) is 6.26. The minimum absolute atomic E-state index is 0.322. The Balaban J connectivity index is 2.06. The second-order valence-electron chi connectivity index (χ2n) is 4.70. The van der Waals surface area contributed by atoms with Gasteiger partial charge in [-0.3, -0.25) is 4.79 Å². The minimum Gasteiger partial charge on any atom is -0.480 e. The van der Waals surface area contributed by atoms with Crippen LogP contribution in [-0.4, -0.2) is 22.1 Å². The molecule has 1 unspecified atom stereocenters. The van der Waals surface area contributed by atoms with Crippen LogP contribution in [0.3, 0.4) is 0 Å². The van der Waals surface area contributed by atoms with E-state index < -0.39 is 12.0 Å². The van der Waals surface area contributed by atoms with Crippen LogP contribution in [-0.2, 0) is 11.2 Å². The molecule has 3 aromatic rings. The maximum absolute atomic E-state index is 10.9. The Hall–Kier alpha value is -2.11. The van der Waals surface area contributed by atoms with Gasteiger partial charge in [0.15, 0.2) is 0 Å².